The van der Waals surface area contributed by atoms with Crippen molar-refractivity contribution in [1.29, 1.82) is 0 Å². The summed E-state index contributed by atoms with van der Waals surface area (Å²) in [5, 5.41) is 10.1. The molecule has 26 heavy (non-hydrogen) atoms. The maximum absolute atomic E-state index is 12.6. The van der Waals surface area contributed by atoms with Crippen LogP contribution in [0.5, 0.6) is 0 Å². The molecule has 0 aliphatic rings. The van der Waals surface area contributed by atoms with E-state index in [1.807, 2.05) is 31.2 Å². The predicted molar refractivity (Wildman–Crippen MR) is 103 cm³/mol. The standard InChI is InChI=1S/C20H20N2O3S/c1-13(19-21-16-9-5-6-10-17(16)26-19)22(2)18(23)12-11-14-7-3-4-8-15(14)20(24)25/h3-10,13H,11-12H2,1-2H3,(H,24,25). The van der Waals surface area contributed by atoms with E-state index < -0.39 is 5.97 Å². The molecular formula is C20H20N2O3S. The van der Waals surface area contributed by atoms with Crippen LogP contribution in [0.1, 0.15) is 40.3 Å². The summed E-state index contributed by atoms with van der Waals surface area (Å²) >= 11 is 1.59. The number of hydrogen-bond donors (Lipinski definition) is 1. The van der Waals surface area contributed by atoms with E-state index in [-0.39, 0.29) is 23.9 Å². The Bertz CT molecular complexity index is 918. The Morgan fingerprint density at radius 3 is 2.58 bits per heavy atom. The number of thiazole rings is 1. The van der Waals surface area contributed by atoms with Crippen LogP contribution >= 0.6 is 11.3 Å². The van der Waals surface area contributed by atoms with Gasteiger partial charge in [0.05, 0.1) is 21.8 Å². The normalized spacial score (nSPS) is 12.1. The second kappa shape index (κ2) is 7.66. The van der Waals surface area contributed by atoms with Crippen LogP contribution in [0.4, 0.5) is 0 Å². The van der Waals surface area contributed by atoms with Crippen molar-refractivity contribution < 1.29 is 14.7 Å². The van der Waals surface area contributed by atoms with Gasteiger partial charge in [0, 0.05) is 13.5 Å². The number of para-hydroxylation sites is 1. The fourth-order valence-electron chi connectivity index (χ4n) is 2.82. The zero-order chi connectivity index (χ0) is 18.7. The number of aromatic carboxylic acids is 1. The van der Waals surface area contributed by atoms with Crippen molar-refractivity contribution in [3.8, 4) is 0 Å². The Morgan fingerprint density at radius 2 is 1.85 bits per heavy atom. The molecule has 3 rings (SSSR count). The fraction of sp³-hybridized carbons (Fsp3) is 0.250. The van der Waals surface area contributed by atoms with E-state index in [9.17, 15) is 14.7 Å². The Labute approximate surface area is 155 Å². The highest BCUT2D eigenvalue weighted by Gasteiger charge is 2.21. The largest absolute Gasteiger partial charge is 0.478 e. The predicted octanol–water partition coefficient (Wildman–Crippen LogP) is 4.15. The maximum atomic E-state index is 12.6. The van der Waals surface area contributed by atoms with Gasteiger partial charge in [-0.05, 0) is 37.1 Å². The first-order valence-corrected chi connectivity index (χ1v) is 9.21. The summed E-state index contributed by atoms with van der Waals surface area (Å²) in [7, 11) is 1.77. The number of carbonyl (C=O) groups is 2. The third-order valence-electron chi connectivity index (χ3n) is 4.50. The number of rotatable bonds is 6. The minimum Gasteiger partial charge on any atom is -0.478 e. The van der Waals surface area contributed by atoms with Gasteiger partial charge in [-0.3, -0.25) is 4.79 Å². The van der Waals surface area contributed by atoms with E-state index in [1.54, 1.807) is 47.5 Å². The van der Waals surface area contributed by atoms with Gasteiger partial charge in [0.2, 0.25) is 5.91 Å². The highest BCUT2D eigenvalue weighted by Crippen LogP contribution is 2.29. The van der Waals surface area contributed by atoms with Gasteiger partial charge in [-0.2, -0.15) is 0 Å². The number of carboxylic acid groups (broad SMARTS) is 1. The summed E-state index contributed by atoms with van der Waals surface area (Å²) in [4.78, 5) is 30.2. The number of aryl methyl sites for hydroxylation is 1. The average molecular weight is 368 g/mol. The Hall–Kier alpha value is -2.73. The van der Waals surface area contributed by atoms with Gasteiger partial charge in [-0.15, -0.1) is 11.3 Å². The summed E-state index contributed by atoms with van der Waals surface area (Å²) in [6, 6.07) is 14.6. The molecule has 3 aromatic rings. The Balaban J connectivity index is 1.68. The molecule has 6 heteroatoms. The minimum absolute atomic E-state index is 0.0306. The van der Waals surface area contributed by atoms with Gasteiger partial charge < -0.3 is 10.0 Å². The van der Waals surface area contributed by atoms with Gasteiger partial charge in [0.15, 0.2) is 0 Å². The molecule has 1 amide bonds. The summed E-state index contributed by atoms with van der Waals surface area (Å²) in [5.74, 6) is -0.999. The molecule has 0 aliphatic carbocycles. The molecule has 1 aromatic heterocycles. The van der Waals surface area contributed by atoms with Gasteiger partial charge in [0.1, 0.15) is 5.01 Å². The van der Waals surface area contributed by atoms with Gasteiger partial charge in [-0.1, -0.05) is 30.3 Å². The van der Waals surface area contributed by atoms with E-state index in [2.05, 4.69) is 4.98 Å². The first-order valence-electron chi connectivity index (χ1n) is 8.39. The average Bonchev–Trinajstić information content (AvgIpc) is 3.09. The van der Waals surface area contributed by atoms with Crippen LogP contribution in [0.15, 0.2) is 48.5 Å². The molecular weight excluding hydrogens is 348 g/mol. The third kappa shape index (κ3) is 3.75. The Kier molecular flexibility index (Phi) is 5.32. The van der Waals surface area contributed by atoms with Gasteiger partial charge >= 0.3 is 5.97 Å². The van der Waals surface area contributed by atoms with Crippen molar-refractivity contribution in [2.75, 3.05) is 7.05 Å². The monoisotopic (exact) mass is 368 g/mol. The number of carbonyl (C=O) groups excluding carboxylic acids is 1. The summed E-state index contributed by atoms with van der Waals surface area (Å²) in [6.45, 7) is 1.96. The lowest BCUT2D eigenvalue weighted by Crippen LogP contribution is -2.29. The molecule has 1 N–H and O–H groups in total. The molecule has 1 atom stereocenters. The molecule has 0 fully saturated rings. The number of aromatic nitrogens is 1. The number of benzene rings is 2. The highest BCUT2D eigenvalue weighted by molar-refractivity contribution is 7.18. The number of hydrogen-bond acceptors (Lipinski definition) is 4. The lowest BCUT2D eigenvalue weighted by atomic mass is 10.0. The molecule has 0 saturated heterocycles. The van der Waals surface area contributed by atoms with Crippen molar-refractivity contribution >= 4 is 33.4 Å². The van der Waals surface area contributed by atoms with Crippen molar-refractivity contribution in [2.45, 2.75) is 25.8 Å². The van der Waals surface area contributed by atoms with E-state index in [0.29, 0.717) is 12.0 Å². The number of carboxylic acids is 1. The van der Waals surface area contributed by atoms with Crippen LogP contribution in [0.3, 0.4) is 0 Å². The molecule has 2 aromatic carbocycles. The van der Waals surface area contributed by atoms with Crippen LogP contribution < -0.4 is 0 Å². The van der Waals surface area contributed by atoms with Crippen LogP contribution in [0, 0.1) is 0 Å². The molecule has 0 radical (unpaired) electrons. The van der Waals surface area contributed by atoms with E-state index in [4.69, 9.17) is 0 Å². The highest BCUT2D eigenvalue weighted by atomic mass is 32.1. The van der Waals surface area contributed by atoms with Crippen LogP contribution in [-0.4, -0.2) is 33.9 Å². The number of amides is 1. The van der Waals surface area contributed by atoms with Crippen LogP contribution in [0.25, 0.3) is 10.2 Å². The van der Waals surface area contributed by atoms with Crippen molar-refractivity contribution in [2.24, 2.45) is 0 Å². The van der Waals surface area contributed by atoms with E-state index in [1.165, 1.54) is 0 Å². The van der Waals surface area contributed by atoms with E-state index in [0.717, 1.165) is 15.2 Å². The van der Waals surface area contributed by atoms with Gasteiger partial charge in [0.25, 0.3) is 0 Å². The van der Waals surface area contributed by atoms with Crippen molar-refractivity contribution in [3.05, 3.63) is 64.7 Å². The van der Waals surface area contributed by atoms with E-state index >= 15 is 0 Å². The topological polar surface area (TPSA) is 70.5 Å². The molecule has 5 nitrogen and oxygen atoms in total. The van der Waals surface area contributed by atoms with Crippen LogP contribution in [0.2, 0.25) is 0 Å². The molecule has 1 heterocycles. The molecule has 134 valence electrons. The zero-order valence-corrected chi connectivity index (χ0v) is 15.5. The molecule has 0 bridgehead atoms. The Morgan fingerprint density at radius 1 is 1.15 bits per heavy atom. The first kappa shape index (κ1) is 18.1. The summed E-state index contributed by atoms with van der Waals surface area (Å²) in [5.41, 5.74) is 1.87. The molecule has 0 spiro atoms. The summed E-state index contributed by atoms with van der Waals surface area (Å²) in [6.07, 6.45) is 0.661. The molecule has 1 unspecified atom stereocenters. The maximum Gasteiger partial charge on any atom is 0.335 e. The summed E-state index contributed by atoms with van der Waals surface area (Å²) < 4.78 is 1.10. The smallest absolute Gasteiger partial charge is 0.335 e. The quantitative estimate of drug-likeness (QED) is 0.710. The third-order valence-corrected chi connectivity index (χ3v) is 5.70. The van der Waals surface area contributed by atoms with Crippen LogP contribution in [-0.2, 0) is 11.2 Å². The lowest BCUT2D eigenvalue weighted by Gasteiger charge is -2.23. The lowest BCUT2D eigenvalue weighted by molar-refractivity contribution is -0.131. The van der Waals surface area contributed by atoms with Gasteiger partial charge in [-0.25, -0.2) is 9.78 Å². The number of fused-ring (bicyclic) bond motifs is 1. The fourth-order valence-corrected chi connectivity index (χ4v) is 3.88. The van der Waals surface area contributed by atoms with Crippen molar-refractivity contribution in [3.63, 3.8) is 0 Å². The molecule has 0 saturated carbocycles. The zero-order valence-electron chi connectivity index (χ0n) is 14.7. The second-order valence-corrected chi connectivity index (χ2v) is 7.22. The SMILES string of the molecule is CC(c1nc2ccccc2s1)N(C)C(=O)CCc1ccccc1C(=O)O. The van der Waals surface area contributed by atoms with Crippen molar-refractivity contribution in [1.82, 2.24) is 9.88 Å². The molecule has 0 aliphatic heterocycles. The minimum atomic E-state index is -0.968. The first-order chi connectivity index (χ1) is 12.5. The number of nitrogens with zero attached hydrogens (tertiary/aromatic N) is 2. The second-order valence-electron chi connectivity index (χ2n) is 6.16.